The minimum absolute atomic E-state index is 0.204. The third-order valence-corrected chi connectivity index (χ3v) is 3.21. The number of nitrogens with one attached hydrogen (secondary N) is 1. The molecule has 5 nitrogen and oxygen atoms in total. The Morgan fingerprint density at radius 2 is 2.05 bits per heavy atom. The first-order valence-electron chi connectivity index (χ1n) is 6.59. The number of H-pyrrole nitrogens is 1. The van der Waals surface area contributed by atoms with Crippen LogP contribution in [0.3, 0.4) is 0 Å². The van der Waals surface area contributed by atoms with Gasteiger partial charge in [-0.15, -0.1) is 0 Å². The maximum Gasteiger partial charge on any atom is 0.254 e. The van der Waals surface area contributed by atoms with Gasteiger partial charge in [0.15, 0.2) is 0 Å². The Morgan fingerprint density at radius 1 is 1.29 bits per heavy atom. The number of hydrogen-bond donors (Lipinski definition) is 1. The van der Waals surface area contributed by atoms with Crippen LogP contribution in [0.2, 0.25) is 0 Å². The van der Waals surface area contributed by atoms with Crippen LogP contribution in [0.25, 0.3) is 0 Å². The summed E-state index contributed by atoms with van der Waals surface area (Å²) in [5.41, 5.74) is 2.11. The van der Waals surface area contributed by atoms with Crippen LogP contribution in [0, 0.1) is 6.92 Å². The minimum atomic E-state index is -0.289. The summed E-state index contributed by atoms with van der Waals surface area (Å²) in [5.74, 6) is 0.538. The topological polar surface area (TPSA) is 62.4 Å². The highest BCUT2D eigenvalue weighted by atomic mass is 16.5. The molecule has 0 radical (unpaired) electrons. The number of hydrogen-bond acceptors (Lipinski definition) is 3. The number of carbonyl (C=O) groups is 1. The molecule has 21 heavy (non-hydrogen) atoms. The lowest BCUT2D eigenvalue weighted by Gasteiger charge is -2.19. The van der Waals surface area contributed by atoms with Crippen molar-refractivity contribution in [3.05, 3.63) is 63.6 Å². The van der Waals surface area contributed by atoms with Gasteiger partial charge in [0, 0.05) is 37.0 Å². The van der Waals surface area contributed by atoms with E-state index in [9.17, 15) is 9.59 Å². The van der Waals surface area contributed by atoms with Crippen LogP contribution < -0.4 is 10.3 Å². The highest BCUT2D eigenvalue weighted by Gasteiger charge is 2.14. The highest BCUT2D eigenvalue weighted by Crippen LogP contribution is 2.21. The predicted octanol–water partition coefficient (Wildman–Crippen LogP) is 1.96. The van der Waals surface area contributed by atoms with Gasteiger partial charge in [-0.3, -0.25) is 9.59 Å². The fourth-order valence-electron chi connectivity index (χ4n) is 2.16. The quantitative estimate of drug-likeness (QED) is 0.934. The van der Waals surface area contributed by atoms with E-state index in [1.165, 1.54) is 12.3 Å². The SMILES string of the molecule is COc1ccc(C)cc1CN(C)C(=O)c1cc[nH]c(=O)c1. The van der Waals surface area contributed by atoms with E-state index < -0.39 is 0 Å². The number of rotatable bonds is 4. The van der Waals surface area contributed by atoms with Gasteiger partial charge in [0.1, 0.15) is 5.75 Å². The number of amides is 1. The van der Waals surface area contributed by atoms with Crippen molar-refractivity contribution in [1.82, 2.24) is 9.88 Å². The average Bonchev–Trinajstić information content (AvgIpc) is 2.46. The zero-order valence-electron chi connectivity index (χ0n) is 12.3. The minimum Gasteiger partial charge on any atom is -0.496 e. The van der Waals surface area contributed by atoms with Crippen LogP contribution in [0.1, 0.15) is 21.5 Å². The third-order valence-electron chi connectivity index (χ3n) is 3.21. The van der Waals surface area contributed by atoms with Crippen molar-refractivity contribution in [3.63, 3.8) is 0 Å². The number of aryl methyl sites for hydroxylation is 1. The van der Waals surface area contributed by atoms with Gasteiger partial charge in [0.25, 0.3) is 5.91 Å². The number of pyridine rings is 1. The number of ether oxygens (including phenoxy) is 1. The van der Waals surface area contributed by atoms with Crippen LogP contribution >= 0.6 is 0 Å². The number of aromatic nitrogens is 1. The molecule has 0 aliphatic rings. The molecule has 0 atom stereocenters. The Kier molecular flexibility index (Phi) is 4.42. The van der Waals surface area contributed by atoms with E-state index in [1.54, 1.807) is 25.1 Å². The zero-order chi connectivity index (χ0) is 15.4. The molecule has 0 saturated carbocycles. The zero-order valence-corrected chi connectivity index (χ0v) is 12.3. The molecule has 0 bridgehead atoms. The Morgan fingerprint density at radius 3 is 2.71 bits per heavy atom. The van der Waals surface area contributed by atoms with E-state index in [-0.39, 0.29) is 11.5 Å². The standard InChI is InChI=1S/C16H18N2O3/c1-11-4-5-14(21-3)13(8-11)10-18(2)16(20)12-6-7-17-15(19)9-12/h4-9H,10H2,1-3H3,(H,17,19). The Hall–Kier alpha value is -2.56. The molecule has 110 valence electrons. The second kappa shape index (κ2) is 6.26. The number of methoxy groups -OCH3 is 1. The fourth-order valence-corrected chi connectivity index (χ4v) is 2.16. The average molecular weight is 286 g/mol. The monoisotopic (exact) mass is 286 g/mol. The first-order chi connectivity index (χ1) is 10.0. The van der Waals surface area contributed by atoms with Crippen LogP contribution in [0.15, 0.2) is 41.3 Å². The molecule has 0 spiro atoms. The molecule has 1 aromatic heterocycles. The fraction of sp³-hybridized carbons (Fsp3) is 0.250. The van der Waals surface area contributed by atoms with Gasteiger partial charge >= 0.3 is 0 Å². The molecule has 0 fully saturated rings. The van der Waals surface area contributed by atoms with Crippen LogP contribution in [0.5, 0.6) is 5.75 Å². The smallest absolute Gasteiger partial charge is 0.254 e. The van der Waals surface area contributed by atoms with E-state index in [0.717, 1.165) is 16.9 Å². The van der Waals surface area contributed by atoms with Crippen molar-refractivity contribution in [2.45, 2.75) is 13.5 Å². The molecule has 2 aromatic rings. The normalized spacial score (nSPS) is 10.2. The first kappa shape index (κ1) is 14.8. The Balaban J connectivity index is 2.21. The molecule has 0 aliphatic heterocycles. The van der Waals surface area contributed by atoms with Crippen LogP contribution in [-0.4, -0.2) is 29.9 Å². The molecule has 0 saturated heterocycles. The van der Waals surface area contributed by atoms with Crippen molar-refractivity contribution in [2.24, 2.45) is 0 Å². The molecule has 5 heteroatoms. The lowest BCUT2D eigenvalue weighted by molar-refractivity contribution is 0.0784. The predicted molar refractivity (Wildman–Crippen MR) is 80.6 cm³/mol. The van der Waals surface area contributed by atoms with Gasteiger partial charge in [-0.05, 0) is 19.1 Å². The maximum atomic E-state index is 12.3. The molecule has 2 rings (SSSR count). The number of aromatic amines is 1. The summed E-state index contributed by atoms with van der Waals surface area (Å²) in [5, 5.41) is 0. The summed E-state index contributed by atoms with van der Waals surface area (Å²) in [7, 11) is 3.30. The largest absolute Gasteiger partial charge is 0.496 e. The summed E-state index contributed by atoms with van der Waals surface area (Å²) in [6, 6.07) is 8.72. The lowest BCUT2D eigenvalue weighted by Crippen LogP contribution is -2.27. The Bertz CT molecular complexity index is 707. The van der Waals surface area contributed by atoms with Crippen LogP contribution in [-0.2, 0) is 6.54 Å². The molecule has 1 aromatic carbocycles. The molecule has 0 aliphatic carbocycles. The molecular formula is C16H18N2O3. The van der Waals surface area contributed by atoms with E-state index in [0.29, 0.717) is 12.1 Å². The van der Waals surface area contributed by atoms with E-state index in [1.807, 2.05) is 25.1 Å². The van der Waals surface area contributed by atoms with Gasteiger partial charge in [-0.2, -0.15) is 0 Å². The summed E-state index contributed by atoms with van der Waals surface area (Å²) in [6.45, 7) is 2.40. The summed E-state index contributed by atoms with van der Waals surface area (Å²) < 4.78 is 5.31. The summed E-state index contributed by atoms with van der Waals surface area (Å²) >= 11 is 0. The summed E-state index contributed by atoms with van der Waals surface area (Å²) in [4.78, 5) is 27.6. The van der Waals surface area contributed by atoms with Gasteiger partial charge < -0.3 is 14.6 Å². The van der Waals surface area contributed by atoms with Gasteiger partial charge in [-0.1, -0.05) is 17.7 Å². The van der Waals surface area contributed by atoms with E-state index in [4.69, 9.17) is 4.74 Å². The van der Waals surface area contributed by atoms with Gasteiger partial charge in [0.05, 0.1) is 7.11 Å². The molecule has 0 unspecified atom stereocenters. The maximum absolute atomic E-state index is 12.3. The molecule has 1 N–H and O–H groups in total. The molecular weight excluding hydrogens is 268 g/mol. The second-order valence-corrected chi connectivity index (χ2v) is 4.92. The summed E-state index contributed by atoms with van der Waals surface area (Å²) in [6.07, 6.45) is 1.47. The number of benzene rings is 1. The van der Waals surface area contributed by atoms with Gasteiger partial charge in [0.2, 0.25) is 5.56 Å². The van der Waals surface area contributed by atoms with Crippen molar-refractivity contribution >= 4 is 5.91 Å². The van der Waals surface area contributed by atoms with Crippen molar-refractivity contribution < 1.29 is 9.53 Å². The van der Waals surface area contributed by atoms with Crippen molar-refractivity contribution in [1.29, 1.82) is 0 Å². The second-order valence-electron chi connectivity index (χ2n) is 4.92. The Labute approximate surface area is 123 Å². The van der Waals surface area contributed by atoms with E-state index in [2.05, 4.69) is 4.98 Å². The van der Waals surface area contributed by atoms with Crippen molar-refractivity contribution in [2.75, 3.05) is 14.2 Å². The highest BCUT2D eigenvalue weighted by molar-refractivity contribution is 5.93. The molecule has 1 heterocycles. The van der Waals surface area contributed by atoms with Crippen LogP contribution in [0.4, 0.5) is 0 Å². The molecule has 1 amide bonds. The first-order valence-corrected chi connectivity index (χ1v) is 6.59. The van der Waals surface area contributed by atoms with Gasteiger partial charge in [-0.25, -0.2) is 0 Å². The lowest BCUT2D eigenvalue weighted by atomic mass is 10.1. The third kappa shape index (κ3) is 3.51. The van der Waals surface area contributed by atoms with Crippen molar-refractivity contribution in [3.8, 4) is 5.75 Å². The number of carbonyl (C=O) groups excluding carboxylic acids is 1. The van der Waals surface area contributed by atoms with E-state index >= 15 is 0 Å². The number of nitrogens with zero attached hydrogens (tertiary/aromatic N) is 1.